The summed E-state index contributed by atoms with van der Waals surface area (Å²) in [6.07, 6.45) is 9.04. The predicted octanol–water partition coefficient (Wildman–Crippen LogP) is 2.64. The van der Waals surface area contributed by atoms with Crippen LogP contribution in [0, 0.1) is 5.92 Å². The molecule has 94 valence electrons. The summed E-state index contributed by atoms with van der Waals surface area (Å²) < 4.78 is 4.99. The first kappa shape index (κ1) is 12.1. The van der Waals surface area contributed by atoms with Crippen molar-refractivity contribution in [1.82, 2.24) is 10.2 Å². The van der Waals surface area contributed by atoms with Gasteiger partial charge in [-0.2, -0.15) is 5.10 Å². The Bertz CT molecular complexity index is 340. The van der Waals surface area contributed by atoms with Gasteiger partial charge in [0.05, 0.1) is 12.8 Å². The predicted molar refractivity (Wildman–Crippen MR) is 64.5 cm³/mol. The molecule has 0 bridgehead atoms. The molecular formula is C13H20N2O2. The van der Waals surface area contributed by atoms with E-state index in [9.17, 15) is 4.79 Å². The Kier molecular flexibility index (Phi) is 4.18. The van der Waals surface area contributed by atoms with Crippen molar-refractivity contribution in [2.75, 3.05) is 6.61 Å². The van der Waals surface area contributed by atoms with Gasteiger partial charge in [0.15, 0.2) is 0 Å². The first-order valence-electron chi connectivity index (χ1n) is 6.44. The third-order valence-electron chi connectivity index (χ3n) is 3.60. The summed E-state index contributed by atoms with van der Waals surface area (Å²) >= 11 is 0. The number of aromatic nitrogens is 2. The van der Waals surface area contributed by atoms with E-state index in [4.69, 9.17) is 4.74 Å². The van der Waals surface area contributed by atoms with Crippen LogP contribution >= 0.6 is 0 Å². The molecule has 1 aromatic heterocycles. The molecule has 4 heteroatoms. The van der Waals surface area contributed by atoms with Crippen LogP contribution in [0.4, 0.5) is 0 Å². The lowest BCUT2D eigenvalue weighted by molar-refractivity contribution is -0.144. The van der Waals surface area contributed by atoms with Gasteiger partial charge in [-0.15, -0.1) is 0 Å². The Balaban J connectivity index is 1.76. The highest BCUT2D eigenvalue weighted by atomic mass is 16.5. The molecule has 0 unspecified atom stereocenters. The van der Waals surface area contributed by atoms with Gasteiger partial charge in [-0.1, -0.05) is 0 Å². The summed E-state index contributed by atoms with van der Waals surface area (Å²) in [5, 5.41) is 6.85. The molecule has 1 aliphatic carbocycles. The quantitative estimate of drug-likeness (QED) is 0.818. The minimum absolute atomic E-state index is 0.0424. The van der Waals surface area contributed by atoms with Crippen LogP contribution in [0.15, 0.2) is 12.4 Å². The van der Waals surface area contributed by atoms with Crippen molar-refractivity contribution in [2.24, 2.45) is 5.92 Å². The molecule has 1 saturated carbocycles. The number of H-pyrrole nitrogens is 1. The van der Waals surface area contributed by atoms with Crippen LogP contribution in [-0.2, 0) is 9.53 Å². The number of hydrogen-bond donors (Lipinski definition) is 1. The zero-order valence-corrected chi connectivity index (χ0v) is 10.3. The molecule has 0 aromatic carbocycles. The van der Waals surface area contributed by atoms with Crippen molar-refractivity contribution in [3.8, 4) is 0 Å². The monoisotopic (exact) mass is 236 g/mol. The highest BCUT2D eigenvalue weighted by Gasteiger charge is 2.24. The Morgan fingerprint density at radius 3 is 2.82 bits per heavy atom. The van der Waals surface area contributed by atoms with Crippen LogP contribution in [0.5, 0.6) is 0 Å². The molecule has 0 amide bonds. The second-order valence-corrected chi connectivity index (χ2v) is 4.76. The van der Waals surface area contributed by atoms with Crippen molar-refractivity contribution in [2.45, 2.75) is 44.9 Å². The van der Waals surface area contributed by atoms with Crippen molar-refractivity contribution in [3.63, 3.8) is 0 Å². The topological polar surface area (TPSA) is 55.0 Å². The lowest BCUT2D eigenvalue weighted by Gasteiger charge is -2.27. The van der Waals surface area contributed by atoms with Gasteiger partial charge in [0.1, 0.15) is 0 Å². The van der Waals surface area contributed by atoms with E-state index in [1.807, 2.05) is 19.3 Å². The molecule has 0 radical (unpaired) electrons. The fourth-order valence-electron chi connectivity index (χ4n) is 2.64. The number of ether oxygens (including phenoxy) is 1. The number of rotatable bonds is 4. The molecule has 1 heterocycles. The molecule has 1 N–H and O–H groups in total. The number of carbonyl (C=O) groups excluding carboxylic acids is 1. The van der Waals surface area contributed by atoms with E-state index in [0.717, 1.165) is 25.7 Å². The molecule has 1 aromatic rings. The molecule has 0 saturated heterocycles. The molecule has 0 spiro atoms. The van der Waals surface area contributed by atoms with E-state index in [0.29, 0.717) is 24.9 Å². The third-order valence-corrected chi connectivity index (χ3v) is 3.60. The maximum atomic E-state index is 11.4. The number of nitrogens with zero attached hydrogens (tertiary/aromatic N) is 1. The van der Waals surface area contributed by atoms with Crippen LogP contribution in [0.25, 0.3) is 0 Å². The SMILES string of the molecule is CCOC(=O)CC1CCC(c2cn[nH]c2)CC1. The van der Waals surface area contributed by atoms with Gasteiger partial charge in [-0.3, -0.25) is 9.89 Å². The molecule has 17 heavy (non-hydrogen) atoms. The Hall–Kier alpha value is -1.32. The van der Waals surface area contributed by atoms with Crippen LogP contribution in [0.2, 0.25) is 0 Å². The van der Waals surface area contributed by atoms with Crippen molar-refractivity contribution >= 4 is 5.97 Å². The molecule has 0 atom stereocenters. The van der Waals surface area contributed by atoms with Crippen LogP contribution in [0.3, 0.4) is 0 Å². The number of carbonyl (C=O) groups is 1. The largest absolute Gasteiger partial charge is 0.466 e. The second-order valence-electron chi connectivity index (χ2n) is 4.76. The second kappa shape index (κ2) is 5.84. The van der Waals surface area contributed by atoms with E-state index in [1.165, 1.54) is 5.56 Å². The summed E-state index contributed by atoms with van der Waals surface area (Å²) in [5.41, 5.74) is 1.31. The van der Waals surface area contributed by atoms with E-state index in [2.05, 4.69) is 10.2 Å². The van der Waals surface area contributed by atoms with E-state index < -0.39 is 0 Å². The summed E-state index contributed by atoms with van der Waals surface area (Å²) in [4.78, 5) is 11.4. The van der Waals surface area contributed by atoms with Gasteiger partial charge < -0.3 is 4.74 Å². The molecule has 1 fully saturated rings. The van der Waals surface area contributed by atoms with E-state index in [-0.39, 0.29) is 5.97 Å². The zero-order valence-electron chi connectivity index (χ0n) is 10.3. The molecule has 0 aliphatic heterocycles. The highest BCUT2D eigenvalue weighted by Crippen LogP contribution is 2.36. The average molecular weight is 236 g/mol. The maximum absolute atomic E-state index is 11.4. The molecule has 4 nitrogen and oxygen atoms in total. The Labute approximate surface area is 102 Å². The lowest BCUT2D eigenvalue weighted by atomic mass is 9.78. The van der Waals surface area contributed by atoms with Gasteiger partial charge in [-0.05, 0) is 50.0 Å². The third kappa shape index (κ3) is 3.32. The standard InChI is InChI=1S/C13H20N2O2/c1-2-17-13(16)7-10-3-5-11(6-4-10)12-8-14-15-9-12/h8-11H,2-7H2,1H3,(H,14,15). The van der Waals surface area contributed by atoms with Gasteiger partial charge >= 0.3 is 5.97 Å². The fraction of sp³-hybridized carbons (Fsp3) is 0.692. The molecular weight excluding hydrogens is 216 g/mol. The van der Waals surface area contributed by atoms with Crippen LogP contribution in [-0.4, -0.2) is 22.8 Å². The van der Waals surface area contributed by atoms with Gasteiger partial charge in [0.25, 0.3) is 0 Å². The van der Waals surface area contributed by atoms with Crippen LogP contribution < -0.4 is 0 Å². The Morgan fingerprint density at radius 1 is 1.47 bits per heavy atom. The minimum Gasteiger partial charge on any atom is -0.466 e. The first-order chi connectivity index (χ1) is 8.29. The Morgan fingerprint density at radius 2 is 2.24 bits per heavy atom. The number of aromatic amines is 1. The minimum atomic E-state index is -0.0424. The van der Waals surface area contributed by atoms with Gasteiger partial charge in [0.2, 0.25) is 0 Å². The smallest absolute Gasteiger partial charge is 0.306 e. The first-order valence-corrected chi connectivity index (χ1v) is 6.44. The number of esters is 1. The maximum Gasteiger partial charge on any atom is 0.306 e. The lowest BCUT2D eigenvalue weighted by Crippen LogP contribution is -2.17. The number of hydrogen-bond acceptors (Lipinski definition) is 3. The summed E-state index contributed by atoms with van der Waals surface area (Å²) in [6.45, 7) is 2.34. The van der Waals surface area contributed by atoms with Crippen molar-refractivity contribution < 1.29 is 9.53 Å². The fourth-order valence-corrected chi connectivity index (χ4v) is 2.64. The number of nitrogens with one attached hydrogen (secondary N) is 1. The summed E-state index contributed by atoms with van der Waals surface area (Å²) in [7, 11) is 0. The highest BCUT2D eigenvalue weighted by molar-refractivity contribution is 5.69. The zero-order chi connectivity index (χ0) is 12.1. The summed E-state index contributed by atoms with van der Waals surface area (Å²) in [5.74, 6) is 1.09. The van der Waals surface area contributed by atoms with Gasteiger partial charge in [0, 0.05) is 12.6 Å². The van der Waals surface area contributed by atoms with Gasteiger partial charge in [-0.25, -0.2) is 0 Å². The van der Waals surface area contributed by atoms with Crippen LogP contribution in [0.1, 0.15) is 50.5 Å². The average Bonchev–Trinajstić information content (AvgIpc) is 2.84. The van der Waals surface area contributed by atoms with E-state index in [1.54, 1.807) is 0 Å². The van der Waals surface area contributed by atoms with Crippen molar-refractivity contribution in [1.29, 1.82) is 0 Å². The summed E-state index contributed by atoms with van der Waals surface area (Å²) in [6, 6.07) is 0. The molecule has 1 aliphatic rings. The van der Waals surface area contributed by atoms with E-state index >= 15 is 0 Å². The van der Waals surface area contributed by atoms with Crippen molar-refractivity contribution in [3.05, 3.63) is 18.0 Å². The molecule has 2 rings (SSSR count). The normalized spacial score (nSPS) is 24.5.